The van der Waals surface area contributed by atoms with E-state index < -0.39 is 0 Å². The summed E-state index contributed by atoms with van der Waals surface area (Å²) in [4.78, 5) is 20.8. The number of hydrogen-bond acceptors (Lipinski definition) is 4. The van der Waals surface area contributed by atoms with Crippen LogP contribution in [-0.2, 0) is 0 Å². The van der Waals surface area contributed by atoms with E-state index >= 15 is 0 Å². The summed E-state index contributed by atoms with van der Waals surface area (Å²) < 4.78 is 0. The Bertz CT molecular complexity index is 682. The van der Waals surface area contributed by atoms with E-state index in [9.17, 15) is 4.79 Å². The standard InChI is InChI=1S/C18H22N4O.ClH/c1-21(2)17-5-3-14(4-6-17)15-11-16(13-20-12-15)18(23)22-9-7-19-8-10-22;/h3-6,11-13,19H,7-10H2,1-2H3;1H. The Hall–Kier alpha value is -2.11. The molecule has 1 fully saturated rings. The zero-order valence-corrected chi connectivity index (χ0v) is 14.8. The molecular formula is C18H23ClN4O. The van der Waals surface area contributed by atoms with Crippen LogP contribution in [-0.4, -0.2) is 56.1 Å². The molecule has 1 aromatic carbocycles. The molecule has 1 amide bonds. The molecular weight excluding hydrogens is 324 g/mol. The third kappa shape index (κ3) is 4.04. The van der Waals surface area contributed by atoms with Crippen LogP contribution in [0.3, 0.4) is 0 Å². The number of aromatic nitrogens is 1. The van der Waals surface area contributed by atoms with Crippen molar-refractivity contribution >= 4 is 24.0 Å². The summed E-state index contributed by atoms with van der Waals surface area (Å²) in [6.45, 7) is 3.21. The predicted molar refractivity (Wildman–Crippen MR) is 100 cm³/mol. The average Bonchev–Trinajstić information content (AvgIpc) is 2.62. The number of halogens is 1. The highest BCUT2D eigenvalue weighted by Crippen LogP contribution is 2.23. The number of carbonyl (C=O) groups excluding carboxylic acids is 1. The van der Waals surface area contributed by atoms with E-state index in [4.69, 9.17) is 0 Å². The third-order valence-electron chi connectivity index (χ3n) is 4.11. The number of anilines is 1. The second-order valence-electron chi connectivity index (χ2n) is 5.95. The van der Waals surface area contributed by atoms with Gasteiger partial charge in [-0.15, -0.1) is 12.4 Å². The molecule has 128 valence electrons. The average molecular weight is 347 g/mol. The highest BCUT2D eigenvalue weighted by atomic mass is 35.5. The van der Waals surface area contributed by atoms with Gasteiger partial charge in [0.25, 0.3) is 5.91 Å². The summed E-state index contributed by atoms with van der Waals surface area (Å²) in [5, 5.41) is 3.26. The first kappa shape index (κ1) is 18.2. The Balaban J connectivity index is 0.00000208. The molecule has 2 heterocycles. The highest BCUT2D eigenvalue weighted by Gasteiger charge is 2.18. The van der Waals surface area contributed by atoms with Crippen LogP contribution in [0.15, 0.2) is 42.7 Å². The van der Waals surface area contributed by atoms with Crippen LogP contribution in [0.2, 0.25) is 0 Å². The molecule has 6 heteroatoms. The number of nitrogens with one attached hydrogen (secondary N) is 1. The number of rotatable bonds is 3. The molecule has 1 aromatic heterocycles. The Morgan fingerprint density at radius 1 is 1.08 bits per heavy atom. The third-order valence-corrected chi connectivity index (χ3v) is 4.11. The first-order valence-corrected chi connectivity index (χ1v) is 7.88. The number of benzene rings is 1. The minimum atomic E-state index is 0. The SMILES string of the molecule is CN(C)c1ccc(-c2cncc(C(=O)N3CCNCC3)c2)cc1.Cl. The number of amides is 1. The van der Waals surface area contributed by atoms with Crippen LogP contribution >= 0.6 is 12.4 Å². The summed E-state index contributed by atoms with van der Waals surface area (Å²) in [5.74, 6) is 0.0609. The van der Waals surface area contributed by atoms with Crippen LogP contribution in [0.25, 0.3) is 11.1 Å². The van der Waals surface area contributed by atoms with Gasteiger partial charge in [0, 0.05) is 63.9 Å². The van der Waals surface area contributed by atoms with E-state index in [1.165, 1.54) is 0 Å². The van der Waals surface area contributed by atoms with E-state index in [1.54, 1.807) is 12.4 Å². The van der Waals surface area contributed by atoms with Crippen molar-refractivity contribution in [1.82, 2.24) is 15.2 Å². The van der Waals surface area contributed by atoms with E-state index in [1.807, 2.05) is 25.1 Å². The van der Waals surface area contributed by atoms with Crippen molar-refractivity contribution in [3.8, 4) is 11.1 Å². The molecule has 0 atom stereocenters. The Labute approximate surface area is 149 Å². The molecule has 3 rings (SSSR count). The summed E-state index contributed by atoms with van der Waals surface area (Å²) >= 11 is 0. The van der Waals surface area contributed by atoms with Crippen molar-refractivity contribution in [2.45, 2.75) is 0 Å². The van der Waals surface area contributed by atoms with Gasteiger partial charge in [-0.05, 0) is 23.8 Å². The van der Waals surface area contributed by atoms with E-state index in [0.717, 1.165) is 43.0 Å². The molecule has 0 radical (unpaired) electrons. The van der Waals surface area contributed by atoms with Crippen LogP contribution in [0.4, 0.5) is 5.69 Å². The summed E-state index contributed by atoms with van der Waals surface area (Å²) in [6, 6.07) is 10.2. The molecule has 1 N–H and O–H groups in total. The van der Waals surface area contributed by atoms with Gasteiger partial charge >= 0.3 is 0 Å². The first-order valence-electron chi connectivity index (χ1n) is 7.88. The molecule has 0 bridgehead atoms. The van der Waals surface area contributed by atoms with Gasteiger partial charge in [-0.2, -0.15) is 0 Å². The van der Waals surface area contributed by atoms with Crippen molar-refractivity contribution in [3.63, 3.8) is 0 Å². The van der Waals surface area contributed by atoms with Gasteiger partial charge in [0.1, 0.15) is 0 Å². The lowest BCUT2D eigenvalue weighted by Crippen LogP contribution is -2.46. The van der Waals surface area contributed by atoms with E-state index in [2.05, 4.69) is 39.5 Å². The maximum Gasteiger partial charge on any atom is 0.255 e. The molecule has 1 saturated heterocycles. The Morgan fingerprint density at radius 2 is 1.75 bits per heavy atom. The summed E-state index contributed by atoms with van der Waals surface area (Å²) in [6.07, 6.45) is 3.46. The topological polar surface area (TPSA) is 48.5 Å². The monoisotopic (exact) mass is 346 g/mol. The summed E-state index contributed by atoms with van der Waals surface area (Å²) in [7, 11) is 4.03. The molecule has 2 aromatic rings. The van der Waals surface area contributed by atoms with Gasteiger partial charge in [-0.25, -0.2) is 0 Å². The maximum atomic E-state index is 12.6. The van der Waals surface area contributed by atoms with Crippen molar-refractivity contribution < 1.29 is 4.79 Å². The van der Waals surface area contributed by atoms with Crippen LogP contribution < -0.4 is 10.2 Å². The Morgan fingerprint density at radius 3 is 2.38 bits per heavy atom. The second kappa shape index (κ2) is 8.13. The molecule has 0 saturated carbocycles. The molecule has 1 aliphatic rings. The first-order chi connectivity index (χ1) is 11.1. The number of carbonyl (C=O) groups is 1. The highest BCUT2D eigenvalue weighted by molar-refractivity contribution is 5.95. The van der Waals surface area contributed by atoms with Crippen molar-refractivity contribution in [2.75, 3.05) is 45.2 Å². The van der Waals surface area contributed by atoms with Crippen LogP contribution in [0.5, 0.6) is 0 Å². The molecule has 0 spiro atoms. The number of nitrogens with zero attached hydrogens (tertiary/aromatic N) is 3. The van der Waals surface area contributed by atoms with Crippen molar-refractivity contribution in [1.29, 1.82) is 0 Å². The predicted octanol–water partition coefficient (Wildman–Crippen LogP) is 2.28. The van der Waals surface area contributed by atoms with Gasteiger partial charge in [0.15, 0.2) is 0 Å². The smallest absolute Gasteiger partial charge is 0.255 e. The zero-order chi connectivity index (χ0) is 16.2. The lowest BCUT2D eigenvalue weighted by atomic mass is 10.0. The van der Waals surface area contributed by atoms with Crippen molar-refractivity contribution in [2.24, 2.45) is 0 Å². The normalized spacial score (nSPS) is 14.0. The summed E-state index contributed by atoms with van der Waals surface area (Å²) in [5.41, 5.74) is 3.84. The van der Waals surface area contributed by atoms with Gasteiger partial charge in [0.2, 0.25) is 0 Å². The molecule has 0 unspecified atom stereocenters. The molecule has 5 nitrogen and oxygen atoms in total. The van der Waals surface area contributed by atoms with E-state index in [-0.39, 0.29) is 18.3 Å². The minimum absolute atomic E-state index is 0. The van der Waals surface area contributed by atoms with Gasteiger partial charge in [-0.1, -0.05) is 12.1 Å². The fourth-order valence-electron chi connectivity index (χ4n) is 2.72. The van der Waals surface area contributed by atoms with Crippen molar-refractivity contribution in [3.05, 3.63) is 48.3 Å². The molecule has 1 aliphatic heterocycles. The lowest BCUT2D eigenvalue weighted by molar-refractivity contribution is 0.0735. The largest absolute Gasteiger partial charge is 0.378 e. The fourth-order valence-corrected chi connectivity index (χ4v) is 2.72. The van der Waals surface area contributed by atoms with Gasteiger partial charge < -0.3 is 15.1 Å². The van der Waals surface area contributed by atoms with Gasteiger partial charge in [-0.3, -0.25) is 9.78 Å². The lowest BCUT2D eigenvalue weighted by Gasteiger charge is -2.27. The molecule has 24 heavy (non-hydrogen) atoms. The van der Waals surface area contributed by atoms with Gasteiger partial charge in [0.05, 0.1) is 5.56 Å². The Kier molecular flexibility index (Phi) is 6.17. The minimum Gasteiger partial charge on any atom is -0.378 e. The quantitative estimate of drug-likeness (QED) is 0.926. The fraction of sp³-hybridized carbons (Fsp3) is 0.333. The number of piperazine rings is 1. The second-order valence-corrected chi connectivity index (χ2v) is 5.95. The maximum absolute atomic E-state index is 12.6. The zero-order valence-electron chi connectivity index (χ0n) is 14.0. The van der Waals surface area contributed by atoms with Crippen LogP contribution in [0.1, 0.15) is 10.4 Å². The number of hydrogen-bond donors (Lipinski definition) is 1. The number of pyridine rings is 1. The van der Waals surface area contributed by atoms with Crippen LogP contribution in [0, 0.1) is 0 Å². The molecule has 0 aliphatic carbocycles. The van der Waals surface area contributed by atoms with E-state index in [0.29, 0.717) is 5.56 Å².